The van der Waals surface area contributed by atoms with Gasteiger partial charge in [0.2, 0.25) is 0 Å². The van der Waals surface area contributed by atoms with Gasteiger partial charge < -0.3 is 9.28 Å². The summed E-state index contributed by atoms with van der Waals surface area (Å²) in [6, 6.07) is 0. The zero-order chi connectivity index (χ0) is 23.5. The maximum atomic E-state index is 8.00. The van der Waals surface area contributed by atoms with E-state index in [1.807, 2.05) is 6.79 Å². The third-order valence-corrected chi connectivity index (χ3v) is 6.94. The number of rotatable bonds is 24. The molecule has 0 atom stereocenters. The molecule has 0 aliphatic carbocycles. The van der Waals surface area contributed by atoms with Gasteiger partial charge in [-0.3, -0.25) is 0 Å². The highest BCUT2D eigenvalue weighted by molar-refractivity contribution is 5.11. The third-order valence-electron chi connectivity index (χ3n) is 6.94. The van der Waals surface area contributed by atoms with E-state index in [2.05, 4.69) is 27.7 Å². The first-order chi connectivity index (χ1) is 15.2. The number of hydrogen-bond donors (Lipinski definition) is 0. The summed E-state index contributed by atoms with van der Waals surface area (Å²) in [5.74, 6) is 0. The van der Waals surface area contributed by atoms with Crippen LogP contribution in [0.25, 0.3) is 0 Å². The van der Waals surface area contributed by atoms with E-state index >= 15 is 0 Å². The molecule has 2 heteroatoms. The molecule has 0 rings (SSSR count). The number of unbranched alkanes of at least 4 members (excludes halogenated alkanes) is 16. The molecule has 0 aliphatic heterocycles. The summed E-state index contributed by atoms with van der Waals surface area (Å²) >= 11 is 0. The summed E-state index contributed by atoms with van der Waals surface area (Å²) in [5.41, 5.74) is 0. The van der Waals surface area contributed by atoms with Gasteiger partial charge in [-0.2, -0.15) is 0 Å². The number of carbonyl (C=O) groups is 1. The monoisotopic (exact) mass is 440 g/mol. The lowest BCUT2D eigenvalue weighted by atomic mass is 10.1. The Bertz CT molecular complexity index is 256. The summed E-state index contributed by atoms with van der Waals surface area (Å²) in [5, 5.41) is 0. The van der Waals surface area contributed by atoms with E-state index in [0.29, 0.717) is 0 Å². The molecule has 0 bridgehead atoms. The van der Waals surface area contributed by atoms with Crippen molar-refractivity contribution in [3.8, 4) is 0 Å². The molecule has 0 amide bonds. The van der Waals surface area contributed by atoms with Gasteiger partial charge in [0.15, 0.2) is 0 Å². The Kier molecular flexibility index (Phi) is 29.3. The first kappa shape index (κ1) is 32.8. The van der Waals surface area contributed by atoms with Crippen molar-refractivity contribution in [3.05, 3.63) is 0 Å². The number of carbonyl (C=O) groups excluding carboxylic acids is 1. The Morgan fingerprint density at radius 3 is 0.742 bits per heavy atom. The Hall–Kier alpha value is -0.370. The van der Waals surface area contributed by atoms with Crippen molar-refractivity contribution in [2.75, 3.05) is 26.2 Å². The zero-order valence-corrected chi connectivity index (χ0v) is 22.5. The first-order valence-electron chi connectivity index (χ1n) is 14.4. The molecule has 0 aromatic carbocycles. The normalized spacial score (nSPS) is 11.4. The van der Waals surface area contributed by atoms with Crippen LogP contribution < -0.4 is 0 Å². The van der Waals surface area contributed by atoms with Crippen LogP contribution in [0.3, 0.4) is 0 Å². The van der Waals surface area contributed by atoms with Gasteiger partial charge in [-0.05, 0) is 51.4 Å². The summed E-state index contributed by atoms with van der Waals surface area (Å²) < 4.78 is 1.47. The predicted octanol–water partition coefficient (Wildman–Crippen LogP) is 9.50. The highest BCUT2D eigenvalue weighted by atomic mass is 16.1. The fourth-order valence-electron chi connectivity index (χ4n) is 4.87. The number of hydrogen-bond acceptors (Lipinski definition) is 1. The molecular formula is C29H62NO+. The average Bonchev–Trinajstić information content (AvgIpc) is 2.80. The van der Waals surface area contributed by atoms with Gasteiger partial charge in [-0.25, -0.2) is 0 Å². The van der Waals surface area contributed by atoms with Crippen LogP contribution in [0.2, 0.25) is 0 Å². The third kappa shape index (κ3) is 22.6. The molecule has 0 fully saturated rings. The van der Waals surface area contributed by atoms with E-state index in [1.165, 1.54) is 159 Å². The Balaban J connectivity index is 0. The quantitative estimate of drug-likeness (QED) is 0.108. The Morgan fingerprint density at radius 2 is 0.548 bits per heavy atom. The lowest BCUT2D eigenvalue weighted by molar-refractivity contribution is -0.929. The molecule has 0 unspecified atom stereocenters. The van der Waals surface area contributed by atoms with Crippen LogP contribution in [0.4, 0.5) is 0 Å². The molecule has 0 aromatic rings. The second kappa shape index (κ2) is 27.7. The smallest absolute Gasteiger partial charge is 0.106 e. The van der Waals surface area contributed by atoms with Crippen molar-refractivity contribution < 1.29 is 9.28 Å². The minimum Gasteiger partial charge on any atom is -0.324 e. The molecule has 0 radical (unpaired) electrons. The summed E-state index contributed by atoms with van der Waals surface area (Å²) in [4.78, 5) is 8.00. The largest absolute Gasteiger partial charge is 0.324 e. The van der Waals surface area contributed by atoms with Crippen LogP contribution in [-0.2, 0) is 4.79 Å². The lowest BCUT2D eigenvalue weighted by Gasteiger charge is -2.39. The van der Waals surface area contributed by atoms with Crippen LogP contribution >= 0.6 is 0 Å². The fourth-order valence-corrected chi connectivity index (χ4v) is 4.87. The SMILES string of the molecule is C=O.CCCCCCC[N+](CCCCCCC)(CCCCCCC)CCCCCCC. The fraction of sp³-hybridized carbons (Fsp3) is 0.966. The van der Waals surface area contributed by atoms with Gasteiger partial charge in [0.05, 0.1) is 26.2 Å². The van der Waals surface area contributed by atoms with Crippen LogP contribution in [0.15, 0.2) is 0 Å². The summed E-state index contributed by atoms with van der Waals surface area (Å²) in [6.45, 7) is 17.2. The van der Waals surface area contributed by atoms with Crippen LogP contribution in [-0.4, -0.2) is 37.5 Å². The molecule has 0 heterocycles. The minimum absolute atomic E-state index is 1.37. The van der Waals surface area contributed by atoms with E-state index in [0.717, 1.165) is 0 Å². The topological polar surface area (TPSA) is 17.1 Å². The van der Waals surface area contributed by atoms with Crippen molar-refractivity contribution in [2.24, 2.45) is 0 Å². The standard InChI is InChI=1S/C28H60N.CH2O/c1-5-9-13-17-21-25-29(26-22-18-14-10-6-2,27-23-19-15-11-7-3)28-24-20-16-12-8-4;1-2/h5-28H2,1-4H3;1H2/q+1;. The van der Waals surface area contributed by atoms with Gasteiger partial charge >= 0.3 is 0 Å². The summed E-state index contributed by atoms with van der Waals surface area (Å²) in [7, 11) is 0. The van der Waals surface area contributed by atoms with Gasteiger partial charge in [0.1, 0.15) is 6.79 Å². The minimum atomic E-state index is 1.37. The second-order valence-corrected chi connectivity index (χ2v) is 9.89. The van der Waals surface area contributed by atoms with E-state index in [4.69, 9.17) is 4.79 Å². The molecule has 188 valence electrons. The molecule has 0 saturated heterocycles. The van der Waals surface area contributed by atoms with E-state index in [1.54, 1.807) is 0 Å². The molecule has 31 heavy (non-hydrogen) atoms. The molecule has 0 spiro atoms. The number of quaternary nitrogens is 1. The van der Waals surface area contributed by atoms with Crippen molar-refractivity contribution in [3.63, 3.8) is 0 Å². The maximum absolute atomic E-state index is 8.00. The van der Waals surface area contributed by atoms with Gasteiger partial charge in [-0.15, -0.1) is 0 Å². The Morgan fingerprint density at radius 1 is 0.355 bits per heavy atom. The number of nitrogens with zero attached hydrogens (tertiary/aromatic N) is 1. The van der Waals surface area contributed by atoms with Crippen LogP contribution in [0.5, 0.6) is 0 Å². The summed E-state index contributed by atoms with van der Waals surface area (Å²) in [6.07, 6.45) is 28.8. The first-order valence-corrected chi connectivity index (χ1v) is 14.4. The molecule has 2 nitrogen and oxygen atoms in total. The van der Waals surface area contributed by atoms with Gasteiger partial charge in [-0.1, -0.05) is 105 Å². The van der Waals surface area contributed by atoms with E-state index in [9.17, 15) is 0 Å². The van der Waals surface area contributed by atoms with Gasteiger partial charge in [0.25, 0.3) is 0 Å². The Labute approximate surface area is 198 Å². The van der Waals surface area contributed by atoms with Crippen LogP contribution in [0.1, 0.15) is 156 Å². The highest BCUT2D eigenvalue weighted by Crippen LogP contribution is 2.20. The lowest BCUT2D eigenvalue weighted by Crippen LogP contribution is -2.50. The second-order valence-electron chi connectivity index (χ2n) is 9.89. The van der Waals surface area contributed by atoms with E-state index in [-0.39, 0.29) is 0 Å². The molecule has 0 saturated carbocycles. The van der Waals surface area contributed by atoms with Crippen molar-refractivity contribution in [1.82, 2.24) is 0 Å². The molecule has 0 aliphatic rings. The predicted molar refractivity (Wildman–Crippen MR) is 142 cm³/mol. The van der Waals surface area contributed by atoms with Crippen molar-refractivity contribution in [2.45, 2.75) is 156 Å². The molecule has 0 aromatic heterocycles. The average molecular weight is 441 g/mol. The zero-order valence-electron chi connectivity index (χ0n) is 22.5. The van der Waals surface area contributed by atoms with Crippen molar-refractivity contribution >= 4 is 6.79 Å². The van der Waals surface area contributed by atoms with Crippen LogP contribution in [0, 0.1) is 0 Å². The van der Waals surface area contributed by atoms with Gasteiger partial charge in [0, 0.05) is 0 Å². The highest BCUT2D eigenvalue weighted by Gasteiger charge is 2.25. The molecular weight excluding hydrogens is 378 g/mol. The van der Waals surface area contributed by atoms with Crippen molar-refractivity contribution in [1.29, 1.82) is 0 Å². The van der Waals surface area contributed by atoms with E-state index < -0.39 is 0 Å². The maximum Gasteiger partial charge on any atom is 0.106 e. The molecule has 0 N–H and O–H groups in total.